The van der Waals surface area contributed by atoms with Gasteiger partial charge in [-0.15, -0.1) is 0 Å². The Morgan fingerprint density at radius 2 is 0.685 bits per heavy atom. The Kier molecular flexibility index (Phi) is 41.5. The van der Waals surface area contributed by atoms with Crippen LogP contribution in [0.4, 0.5) is 0 Å². The van der Waals surface area contributed by atoms with Crippen LogP contribution in [0.2, 0.25) is 0 Å². The maximum Gasteiger partial charge on any atom is 0.306 e. The number of hydrogen-bond donors (Lipinski definition) is 0. The van der Waals surface area contributed by atoms with Gasteiger partial charge >= 0.3 is 17.9 Å². The van der Waals surface area contributed by atoms with E-state index in [0.29, 0.717) is 19.3 Å². The maximum atomic E-state index is 12.7. The molecule has 0 aliphatic rings. The van der Waals surface area contributed by atoms with Crippen LogP contribution >= 0.6 is 0 Å². The number of allylic oxidation sites excluding steroid dienone is 6. The number of carbonyl (C=O) groups excluding carboxylic acids is 3. The zero-order chi connectivity index (χ0) is 39.4. The van der Waals surface area contributed by atoms with Crippen molar-refractivity contribution in [3.8, 4) is 0 Å². The summed E-state index contributed by atoms with van der Waals surface area (Å²) in [6, 6.07) is 0. The predicted octanol–water partition coefficient (Wildman–Crippen LogP) is 14.6. The fourth-order valence-corrected chi connectivity index (χ4v) is 6.33. The highest BCUT2D eigenvalue weighted by Crippen LogP contribution is 2.14. The molecule has 0 heterocycles. The Bertz CT molecular complexity index is 922. The summed E-state index contributed by atoms with van der Waals surface area (Å²) in [7, 11) is 0. The van der Waals surface area contributed by atoms with Crippen molar-refractivity contribution in [2.24, 2.45) is 0 Å². The summed E-state index contributed by atoms with van der Waals surface area (Å²) in [5.74, 6) is -0.903. The van der Waals surface area contributed by atoms with Crippen LogP contribution in [0.5, 0.6) is 0 Å². The molecule has 54 heavy (non-hydrogen) atoms. The summed E-state index contributed by atoms with van der Waals surface area (Å²) < 4.78 is 16.7. The minimum Gasteiger partial charge on any atom is -0.462 e. The first kappa shape index (κ1) is 51.6. The molecular formula is C48H86O6. The van der Waals surface area contributed by atoms with Gasteiger partial charge in [-0.3, -0.25) is 14.4 Å². The fraction of sp³-hybridized carbons (Fsp3) is 0.812. The van der Waals surface area contributed by atoms with Crippen molar-refractivity contribution in [3.05, 3.63) is 36.5 Å². The molecule has 314 valence electrons. The van der Waals surface area contributed by atoms with Crippen molar-refractivity contribution in [1.29, 1.82) is 0 Å². The van der Waals surface area contributed by atoms with E-state index in [1.165, 1.54) is 103 Å². The maximum absolute atomic E-state index is 12.7. The molecule has 0 aliphatic carbocycles. The molecule has 0 N–H and O–H groups in total. The predicted molar refractivity (Wildman–Crippen MR) is 229 cm³/mol. The first-order valence-corrected chi connectivity index (χ1v) is 23.0. The molecule has 0 saturated carbocycles. The van der Waals surface area contributed by atoms with Crippen LogP contribution in [0.3, 0.4) is 0 Å². The monoisotopic (exact) mass is 759 g/mol. The Labute approximate surface area is 334 Å². The van der Waals surface area contributed by atoms with E-state index in [9.17, 15) is 14.4 Å². The van der Waals surface area contributed by atoms with E-state index in [0.717, 1.165) is 89.9 Å². The third-order valence-corrected chi connectivity index (χ3v) is 9.87. The highest BCUT2D eigenvalue weighted by atomic mass is 16.6. The smallest absolute Gasteiger partial charge is 0.306 e. The second kappa shape index (κ2) is 43.4. The van der Waals surface area contributed by atoms with Gasteiger partial charge in [-0.25, -0.2) is 0 Å². The second-order valence-corrected chi connectivity index (χ2v) is 15.3. The molecule has 0 aromatic carbocycles. The van der Waals surface area contributed by atoms with Gasteiger partial charge in [0.15, 0.2) is 6.10 Å². The molecule has 0 aliphatic heterocycles. The molecule has 0 saturated heterocycles. The van der Waals surface area contributed by atoms with Crippen LogP contribution in [-0.4, -0.2) is 37.2 Å². The minimum absolute atomic E-state index is 0.0783. The fourth-order valence-electron chi connectivity index (χ4n) is 6.33. The molecule has 6 nitrogen and oxygen atoms in total. The summed E-state index contributed by atoms with van der Waals surface area (Å²) in [6.45, 7) is 6.54. The highest BCUT2D eigenvalue weighted by molar-refractivity contribution is 5.71. The minimum atomic E-state index is -0.776. The van der Waals surface area contributed by atoms with Crippen molar-refractivity contribution in [3.63, 3.8) is 0 Å². The summed E-state index contributed by atoms with van der Waals surface area (Å²) in [5.41, 5.74) is 0. The zero-order valence-corrected chi connectivity index (χ0v) is 35.7. The lowest BCUT2D eigenvalue weighted by Gasteiger charge is -2.18. The quantitative estimate of drug-likeness (QED) is 0.0267. The van der Waals surface area contributed by atoms with E-state index >= 15 is 0 Å². The van der Waals surface area contributed by atoms with Crippen molar-refractivity contribution in [2.45, 2.75) is 239 Å². The normalized spacial score (nSPS) is 12.3. The molecule has 0 aromatic rings. The third-order valence-electron chi connectivity index (χ3n) is 9.87. The Balaban J connectivity index is 4.37. The van der Waals surface area contributed by atoms with Gasteiger partial charge in [-0.2, -0.15) is 0 Å². The molecule has 1 atom stereocenters. The van der Waals surface area contributed by atoms with Gasteiger partial charge in [0.1, 0.15) is 13.2 Å². The number of hydrogen-bond acceptors (Lipinski definition) is 6. The molecule has 0 aromatic heterocycles. The number of unbranched alkanes of at least 4 members (excludes halogenated alkanes) is 24. The second-order valence-electron chi connectivity index (χ2n) is 15.3. The zero-order valence-electron chi connectivity index (χ0n) is 35.7. The topological polar surface area (TPSA) is 78.9 Å². The van der Waals surface area contributed by atoms with Crippen LogP contribution < -0.4 is 0 Å². The number of ether oxygens (including phenoxy) is 3. The van der Waals surface area contributed by atoms with Gasteiger partial charge in [-0.1, -0.05) is 179 Å². The molecule has 6 heteroatoms. The van der Waals surface area contributed by atoms with E-state index < -0.39 is 6.10 Å². The Morgan fingerprint density at radius 1 is 0.370 bits per heavy atom. The van der Waals surface area contributed by atoms with Crippen molar-refractivity contribution < 1.29 is 28.6 Å². The van der Waals surface area contributed by atoms with Gasteiger partial charge in [0, 0.05) is 19.3 Å². The Morgan fingerprint density at radius 3 is 1.13 bits per heavy atom. The molecule has 0 bridgehead atoms. The lowest BCUT2D eigenvalue weighted by Crippen LogP contribution is -2.30. The first-order chi connectivity index (χ1) is 26.5. The van der Waals surface area contributed by atoms with Crippen molar-refractivity contribution in [1.82, 2.24) is 0 Å². The van der Waals surface area contributed by atoms with E-state index in [1.54, 1.807) is 0 Å². The average Bonchev–Trinajstić information content (AvgIpc) is 3.17. The van der Waals surface area contributed by atoms with Gasteiger partial charge in [0.2, 0.25) is 0 Å². The van der Waals surface area contributed by atoms with E-state index in [1.807, 2.05) is 0 Å². The van der Waals surface area contributed by atoms with Crippen molar-refractivity contribution in [2.75, 3.05) is 13.2 Å². The summed E-state index contributed by atoms with van der Waals surface area (Å²) in [6.07, 6.45) is 48.3. The molecule has 0 amide bonds. The largest absolute Gasteiger partial charge is 0.462 e. The van der Waals surface area contributed by atoms with E-state index in [-0.39, 0.29) is 31.1 Å². The van der Waals surface area contributed by atoms with E-state index in [4.69, 9.17) is 14.2 Å². The van der Waals surface area contributed by atoms with Crippen LogP contribution in [-0.2, 0) is 28.6 Å². The number of carbonyl (C=O) groups is 3. The van der Waals surface area contributed by atoms with Crippen LogP contribution in [0.25, 0.3) is 0 Å². The summed E-state index contributed by atoms with van der Waals surface area (Å²) in [4.78, 5) is 37.7. The SMILES string of the molecule is CCCC/C=C\CCCCCCCC(=O)OC(COC(=O)CCCCCCC/C=C\C/C=C\CCCCC)COC(=O)CCCCCCCCCCCC. The molecule has 0 fully saturated rings. The molecule has 0 radical (unpaired) electrons. The number of rotatable bonds is 41. The average molecular weight is 759 g/mol. The summed E-state index contributed by atoms with van der Waals surface area (Å²) >= 11 is 0. The van der Waals surface area contributed by atoms with Gasteiger partial charge in [0.05, 0.1) is 0 Å². The van der Waals surface area contributed by atoms with Gasteiger partial charge < -0.3 is 14.2 Å². The molecule has 1 unspecified atom stereocenters. The van der Waals surface area contributed by atoms with Crippen LogP contribution in [0, 0.1) is 0 Å². The van der Waals surface area contributed by atoms with Gasteiger partial charge in [0.25, 0.3) is 0 Å². The number of esters is 3. The van der Waals surface area contributed by atoms with E-state index in [2.05, 4.69) is 57.2 Å². The highest BCUT2D eigenvalue weighted by Gasteiger charge is 2.19. The van der Waals surface area contributed by atoms with Crippen LogP contribution in [0.15, 0.2) is 36.5 Å². The third kappa shape index (κ3) is 40.8. The standard InChI is InChI=1S/C48H86O6/c1-4-7-10-13-16-19-22-23-24-25-27-29-32-35-38-41-47(50)53-44-45(43-52-46(49)40-37-34-31-28-21-18-15-12-9-6-3)54-48(51)42-39-36-33-30-26-20-17-14-11-8-5-2/h14,16-17,19,23-24,45H,4-13,15,18,20-22,25-44H2,1-3H3/b17-14-,19-16-,24-23-. The summed E-state index contributed by atoms with van der Waals surface area (Å²) in [5, 5.41) is 0. The van der Waals surface area contributed by atoms with Crippen LogP contribution in [0.1, 0.15) is 233 Å². The first-order valence-electron chi connectivity index (χ1n) is 23.0. The molecular weight excluding hydrogens is 673 g/mol. The van der Waals surface area contributed by atoms with Gasteiger partial charge in [-0.05, 0) is 70.6 Å². The lowest BCUT2D eigenvalue weighted by atomic mass is 10.1. The molecule has 0 rings (SSSR count). The molecule has 0 spiro atoms. The lowest BCUT2D eigenvalue weighted by molar-refractivity contribution is -0.167. The Hall–Kier alpha value is -2.37. The van der Waals surface area contributed by atoms with Crippen molar-refractivity contribution >= 4 is 17.9 Å².